The molecule has 94 valence electrons. The molecule has 1 heterocycles. The molecule has 0 unspecified atom stereocenters. The van der Waals surface area contributed by atoms with E-state index in [1.165, 1.54) is 0 Å². The molecular formula is C14H17N3O. The smallest absolute Gasteiger partial charge is 0.151 e. The highest BCUT2D eigenvalue weighted by Crippen LogP contribution is 2.21. The van der Waals surface area contributed by atoms with E-state index in [2.05, 4.69) is 11.1 Å². The predicted octanol–water partition coefficient (Wildman–Crippen LogP) is 2.31. The molecule has 2 aromatic rings. The third-order valence-corrected chi connectivity index (χ3v) is 2.73. The first-order valence-corrected chi connectivity index (χ1v) is 5.75. The van der Waals surface area contributed by atoms with Crippen LogP contribution in [0.4, 0.5) is 11.5 Å². The van der Waals surface area contributed by atoms with Crippen LogP contribution in [0.5, 0.6) is 5.75 Å². The van der Waals surface area contributed by atoms with Crippen LogP contribution in [-0.4, -0.2) is 19.1 Å². The van der Waals surface area contributed by atoms with E-state index in [4.69, 9.17) is 10.5 Å². The average Bonchev–Trinajstić information content (AvgIpc) is 2.39. The van der Waals surface area contributed by atoms with Crippen LogP contribution in [0, 0.1) is 0 Å². The Morgan fingerprint density at radius 3 is 2.83 bits per heavy atom. The van der Waals surface area contributed by atoms with Gasteiger partial charge in [0.1, 0.15) is 5.75 Å². The molecule has 0 amide bonds. The van der Waals surface area contributed by atoms with Crippen molar-refractivity contribution in [2.45, 2.75) is 6.54 Å². The third kappa shape index (κ3) is 2.71. The van der Waals surface area contributed by atoms with Crippen molar-refractivity contribution in [1.29, 1.82) is 0 Å². The molecule has 4 nitrogen and oxygen atoms in total. The highest BCUT2D eigenvalue weighted by molar-refractivity contribution is 5.61. The largest absolute Gasteiger partial charge is 0.497 e. The molecule has 0 saturated carbocycles. The number of anilines is 2. The molecule has 0 aliphatic carbocycles. The summed E-state index contributed by atoms with van der Waals surface area (Å²) in [5.74, 6) is 1.65. The van der Waals surface area contributed by atoms with Crippen molar-refractivity contribution in [2.75, 3.05) is 24.8 Å². The molecule has 0 radical (unpaired) electrons. The summed E-state index contributed by atoms with van der Waals surface area (Å²) < 4.78 is 5.21. The lowest BCUT2D eigenvalue weighted by Gasteiger charge is -2.19. The monoisotopic (exact) mass is 243 g/mol. The summed E-state index contributed by atoms with van der Waals surface area (Å²) in [4.78, 5) is 6.30. The first-order chi connectivity index (χ1) is 8.70. The minimum Gasteiger partial charge on any atom is -0.497 e. The van der Waals surface area contributed by atoms with Crippen LogP contribution in [0.1, 0.15) is 5.56 Å². The van der Waals surface area contributed by atoms with E-state index in [0.29, 0.717) is 5.69 Å². The average molecular weight is 243 g/mol. The molecule has 18 heavy (non-hydrogen) atoms. The summed E-state index contributed by atoms with van der Waals surface area (Å²) in [6.07, 6.45) is 1.74. The molecule has 1 aromatic carbocycles. The summed E-state index contributed by atoms with van der Waals surface area (Å²) in [7, 11) is 3.64. The summed E-state index contributed by atoms with van der Waals surface area (Å²) in [6.45, 7) is 0.735. The van der Waals surface area contributed by atoms with Gasteiger partial charge < -0.3 is 15.4 Å². The van der Waals surface area contributed by atoms with Gasteiger partial charge in [0.15, 0.2) is 5.82 Å². The number of rotatable bonds is 4. The van der Waals surface area contributed by atoms with E-state index < -0.39 is 0 Å². The van der Waals surface area contributed by atoms with E-state index >= 15 is 0 Å². The van der Waals surface area contributed by atoms with Gasteiger partial charge in [0.25, 0.3) is 0 Å². The highest BCUT2D eigenvalue weighted by atomic mass is 16.5. The van der Waals surface area contributed by atoms with Crippen molar-refractivity contribution in [3.8, 4) is 5.75 Å². The fraction of sp³-hybridized carbons (Fsp3) is 0.214. The van der Waals surface area contributed by atoms with Crippen LogP contribution in [0.2, 0.25) is 0 Å². The van der Waals surface area contributed by atoms with Gasteiger partial charge in [0.05, 0.1) is 12.8 Å². The molecule has 4 heteroatoms. The van der Waals surface area contributed by atoms with Gasteiger partial charge in [-0.3, -0.25) is 0 Å². The van der Waals surface area contributed by atoms with Crippen molar-refractivity contribution in [3.63, 3.8) is 0 Å². The van der Waals surface area contributed by atoms with E-state index in [0.717, 1.165) is 23.7 Å². The molecule has 0 spiro atoms. The van der Waals surface area contributed by atoms with Gasteiger partial charge in [0.2, 0.25) is 0 Å². The number of nitrogens with two attached hydrogens (primary N) is 1. The van der Waals surface area contributed by atoms with Crippen LogP contribution in [0.25, 0.3) is 0 Å². The second-order valence-corrected chi connectivity index (χ2v) is 4.12. The fourth-order valence-corrected chi connectivity index (χ4v) is 1.85. The number of benzene rings is 1. The van der Waals surface area contributed by atoms with Gasteiger partial charge in [-0.15, -0.1) is 0 Å². The Balaban J connectivity index is 2.16. The Morgan fingerprint density at radius 2 is 2.11 bits per heavy atom. The van der Waals surface area contributed by atoms with E-state index in [1.54, 1.807) is 13.3 Å². The molecule has 0 fully saturated rings. The molecular weight excluding hydrogens is 226 g/mol. The SMILES string of the molecule is COc1cccc(CN(C)c2ncccc2N)c1. The van der Waals surface area contributed by atoms with Gasteiger partial charge in [-0.05, 0) is 29.8 Å². The maximum atomic E-state index is 5.90. The van der Waals surface area contributed by atoms with Gasteiger partial charge in [-0.2, -0.15) is 0 Å². The van der Waals surface area contributed by atoms with Crippen LogP contribution in [-0.2, 0) is 6.54 Å². The van der Waals surface area contributed by atoms with Crippen LogP contribution in [0.15, 0.2) is 42.6 Å². The lowest BCUT2D eigenvalue weighted by molar-refractivity contribution is 0.414. The van der Waals surface area contributed by atoms with Crippen LogP contribution in [0.3, 0.4) is 0 Å². The second-order valence-electron chi connectivity index (χ2n) is 4.12. The Kier molecular flexibility index (Phi) is 3.67. The van der Waals surface area contributed by atoms with Crippen molar-refractivity contribution < 1.29 is 4.74 Å². The number of pyridine rings is 1. The lowest BCUT2D eigenvalue weighted by Crippen LogP contribution is -2.19. The molecule has 0 aliphatic rings. The zero-order valence-corrected chi connectivity index (χ0v) is 10.6. The first-order valence-electron chi connectivity index (χ1n) is 5.75. The number of nitrogens with zero attached hydrogens (tertiary/aromatic N) is 2. The van der Waals surface area contributed by atoms with E-state index in [1.807, 2.05) is 42.3 Å². The molecule has 0 atom stereocenters. The zero-order chi connectivity index (χ0) is 13.0. The zero-order valence-electron chi connectivity index (χ0n) is 10.6. The predicted molar refractivity (Wildman–Crippen MR) is 73.8 cm³/mol. The highest BCUT2D eigenvalue weighted by Gasteiger charge is 2.07. The number of methoxy groups -OCH3 is 1. The minimum atomic E-state index is 0.683. The molecule has 2 N–H and O–H groups in total. The molecule has 0 saturated heterocycles. The minimum absolute atomic E-state index is 0.683. The molecule has 2 rings (SSSR count). The van der Waals surface area contributed by atoms with Gasteiger partial charge in [-0.25, -0.2) is 4.98 Å². The molecule has 0 aliphatic heterocycles. The Bertz CT molecular complexity index is 528. The molecule has 1 aromatic heterocycles. The van der Waals surface area contributed by atoms with Crippen molar-refractivity contribution >= 4 is 11.5 Å². The van der Waals surface area contributed by atoms with Crippen LogP contribution >= 0.6 is 0 Å². The summed E-state index contributed by atoms with van der Waals surface area (Å²) >= 11 is 0. The number of hydrogen-bond acceptors (Lipinski definition) is 4. The maximum absolute atomic E-state index is 5.90. The Labute approximate surface area is 107 Å². The van der Waals surface area contributed by atoms with Crippen molar-refractivity contribution in [2.24, 2.45) is 0 Å². The van der Waals surface area contributed by atoms with E-state index in [9.17, 15) is 0 Å². The lowest BCUT2D eigenvalue weighted by atomic mass is 10.2. The van der Waals surface area contributed by atoms with Crippen LogP contribution < -0.4 is 15.4 Å². The van der Waals surface area contributed by atoms with Crippen molar-refractivity contribution in [3.05, 3.63) is 48.2 Å². The normalized spacial score (nSPS) is 10.1. The second kappa shape index (κ2) is 5.40. The standard InChI is InChI=1S/C14H17N3O/c1-17(14-13(15)7-4-8-16-14)10-11-5-3-6-12(9-11)18-2/h3-9H,10,15H2,1-2H3. The van der Waals surface area contributed by atoms with Gasteiger partial charge in [0, 0.05) is 19.8 Å². The topological polar surface area (TPSA) is 51.4 Å². The van der Waals surface area contributed by atoms with Gasteiger partial charge in [-0.1, -0.05) is 12.1 Å². The number of aromatic nitrogens is 1. The fourth-order valence-electron chi connectivity index (χ4n) is 1.85. The maximum Gasteiger partial charge on any atom is 0.151 e. The number of nitrogen functional groups attached to an aromatic ring is 1. The first kappa shape index (κ1) is 12.2. The van der Waals surface area contributed by atoms with Gasteiger partial charge >= 0.3 is 0 Å². The summed E-state index contributed by atoms with van der Waals surface area (Å²) in [5, 5.41) is 0. The number of hydrogen-bond donors (Lipinski definition) is 1. The van der Waals surface area contributed by atoms with E-state index in [-0.39, 0.29) is 0 Å². The Hall–Kier alpha value is -2.23. The Morgan fingerprint density at radius 1 is 1.28 bits per heavy atom. The third-order valence-electron chi connectivity index (χ3n) is 2.73. The quantitative estimate of drug-likeness (QED) is 0.895. The summed E-state index contributed by atoms with van der Waals surface area (Å²) in [6, 6.07) is 11.7. The number of ether oxygens (including phenoxy) is 1. The summed E-state index contributed by atoms with van der Waals surface area (Å²) in [5.41, 5.74) is 7.74. The van der Waals surface area contributed by atoms with Crippen molar-refractivity contribution in [1.82, 2.24) is 4.98 Å². The molecule has 0 bridgehead atoms.